The quantitative estimate of drug-likeness (QED) is 0.408. The number of rotatable bonds is 3. The van der Waals surface area contributed by atoms with Crippen molar-refractivity contribution in [2.24, 2.45) is 4.99 Å². The number of aliphatic imine (C=N–C) groups is 1. The molecule has 0 saturated carbocycles. The van der Waals surface area contributed by atoms with E-state index < -0.39 is 18.6 Å². The Morgan fingerprint density at radius 1 is 1.05 bits per heavy atom. The lowest BCUT2D eigenvalue weighted by Gasteiger charge is -2.23. The predicted molar refractivity (Wildman–Crippen MR) is 78.8 cm³/mol. The number of nitrogens with zero attached hydrogens (tertiary/aromatic N) is 4. The average Bonchev–Trinajstić information content (AvgIpc) is 2.13. The van der Waals surface area contributed by atoms with Gasteiger partial charge >= 0.3 is 6.18 Å². The largest absolute Gasteiger partial charge is 0.406 e. The van der Waals surface area contributed by atoms with E-state index in [-0.39, 0.29) is 30.5 Å². The summed E-state index contributed by atoms with van der Waals surface area (Å²) in [5, 5.41) is 0. The molecule has 0 aromatic rings. The van der Waals surface area contributed by atoms with Gasteiger partial charge in [-0.2, -0.15) is 13.2 Å². The van der Waals surface area contributed by atoms with Crippen LogP contribution in [0.2, 0.25) is 0 Å². The Labute approximate surface area is 128 Å². The Bertz CT molecular complexity index is 308. The summed E-state index contributed by atoms with van der Waals surface area (Å²) in [6.45, 7) is -1.57. The summed E-state index contributed by atoms with van der Waals surface area (Å²) in [4.78, 5) is 19.4. The first-order valence-electron chi connectivity index (χ1n) is 5.24. The van der Waals surface area contributed by atoms with Crippen LogP contribution >= 0.6 is 24.0 Å². The molecule has 0 aliphatic heterocycles. The van der Waals surface area contributed by atoms with E-state index in [0.717, 1.165) is 7.05 Å². The van der Waals surface area contributed by atoms with Gasteiger partial charge in [-0.15, -0.1) is 24.0 Å². The fourth-order valence-corrected chi connectivity index (χ4v) is 1.30. The molecule has 0 N–H and O–H groups in total. The molecule has 0 heterocycles. The lowest BCUT2D eigenvalue weighted by molar-refractivity contribution is -0.157. The second-order valence-electron chi connectivity index (χ2n) is 4.27. The molecule has 114 valence electrons. The molecular formula is C10H20F3IN4O. The highest BCUT2D eigenvalue weighted by atomic mass is 127. The average molecular weight is 396 g/mol. The Morgan fingerprint density at radius 3 is 1.79 bits per heavy atom. The van der Waals surface area contributed by atoms with E-state index in [9.17, 15) is 18.0 Å². The first kappa shape index (κ1) is 20.6. The van der Waals surface area contributed by atoms with Gasteiger partial charge in [-0.25, -0.2) is 4.99 Å². The molecule has 19 heavy (non-hydrogen) atoms. The van der Waals surface area contributed by atoms with Crippen molar-refractivity contribution in [1.29, 1.82) is 0 Å². The highest BCUT2D eigenvalue weighted by molar-refractivity contribution is 14.0. The molecule has 0 rings (SSSR count). The van der Waals surface area contributed by atoms with Gasteiger partial charge in [0.2, 0.25) is 5.91 Å². The molecule has 0 aromatic carbocycles. The molecule has 0 saturated heterocycles. The smallest absolute Gasteiger partial charge is 0.349 e. The molecule has 0 aliphatic carbocycles. The van der Waals surface area contributed by atoms with Crippen LogP contribution in [-0.2, 0) is 4.79 Å². The third kappa shape index (κ3) is 8.89. The van der Waals surface area contributed by atoms with Crippen LogP contribution in [0.3, 0.4) is 0 Å². The summed E-state index contributed by atoms with van der Waals surface area (Å²) in [5.74, 6) is -0.155. The molecule has 0 fully saturated rings. The van der Waals surface area contributed by atoms with Gasteiger partial charge in [0, 0.05) is 35.2 Å². The first-order chi connectivity index (χ1) is 8.04. The molecule has 9 heteroatoms. The van der Waals surface area contributed by atoms with E-state index in [0.29, 0.717) is 10.9 Å². The minimum Gasteiger partial charge on any atom is -0.349 e. The van der Waals surface area contributed by atoms with Crippen molar-refractivity contribution in [1.82, 2.24) is 14.7 Å². The molecule has 5 nitrogen and oxygen atoms in total. The van der Waals surface area contributed by atoms with Crippen LogP contribution in [0.1, 0.15) is 0 Å². The maximum atomic E-state index is 12.1. The molecular weight excluding hydrogens is 376 g/mol. The third-order valence-corrected chi connectivity index (χ3v) is 2.00. The number of carbonyl (C=O) groups is 1. The van der Waals surface area contributed by atoms with Crippen molar-refractivity contribution in [2.45, 2.75) is 6.18 Å². The molecule has 0 bridgehead atoms. The van der Waals surface area contributed by atoms with Crippen molar-refractivity contribution in [3.63, 3.8) is 0 Å². The highest BCUT2D eigenvalue weighted by Crippen LogP contribution is 2.15. The SMILES string of the molecule is CN(C)C(=NCC(=O)N(C)CC(F)(F)F)N(C)C.I. The van der Waals surface area contributed by atoms with Gasteiger partial charge in [0.05, 0.1) is 0 Å². The van der Waals surface area contributed by atoms with Crippen molar-refractivity contribution in [3.8, 4) is 0 Å². The Balaban J connectivity index is 0. The van der Waals surface area contributed by atoms with E-state index in [1.807, 2.05) is 0 Å². The first-order valence-corrected chi connectivity index (χ1v) is 5.24. The standard InChI is InChI=1S/C10H19F3N4O.HI/c1-15(2)9(16(3)4)14-6-8(18)17(5)7-10(11,12)13;/h6-7H2,1-5H3;1H. The number of guanidine groups is 1. The topological polar surface area (TPSA) is 39.2 Å². The van der Waals surface area contributed by atoms with Gasteiger partial charge in [-0.05, 0) is 0 Å². The normalized spacial score (nSPS) is 10.3. The van der Waals surface area contributed by atoms with Crippen molar-refractivity contribution in [3.05, 3.63) is 0 Å². The number of carbonyl (C=O) groups excluding carboxylic acids is 1. The van der Waals surface area contributed by atoms with Crippen molar-refractivity contribution in [2.75, 3.05) is 48.3 Å². The summed E-state index contributed by atoms with van der Waals surface area (Å²) in [5.41, 5.74) is 0. The third-order valence-electron chi connectivity index (χ3n) is 2.00. The summed E-state index contributed by atoms with van der Waals surface area (Å²) in [7, 11) is 8.06. The van der Waals surface area contributed by atoms with Crippen molar-refractivity contribution >= 4 is 35.8 Å². The Hall–Kier alpha value is -0.740. The summed E-state index contributed by atoms with van der Waals surface area (Å²) >= 11 is 0. The number of hydrogen-bond donors (Lipinski definition) is 0. The molecule has 0 unspecified atom stereocenters. The van der Waals surface area contributed by atoms with Crippen LogP contribution in [0.5, 0.6) is 0 Å². The number of halogens is 4. The lowest BCUT2D eigenvalue weighted by Crippen LogP contribution is -2.39. The van der Waals surface area contributed by atoms with Crippen LogP contribution in [0.15, 0.2) is 4.99 Å². The van der Waals surface area contributed by atoms with Crippen LogP contribution in [0, 0.1) is 0 Å². The van der Waals surface area contributed by atoms with Gasteiger partial charge in [0.1, 0.15) is 13.1 Å². The van der Waals surface area contributed by atoms with Crippen LogP contribution in [0.25, 0.3) is 0 Å². The second kappa shape index (κ2) is 8.43. The molecule has 0 aliphatic rings. The zero-order valence-electron chi connectivity index (χ0n) is 11.7. The van der Waals surface area contributed by atoms with Crippen molar-refractivity contribution < 1.29 is 18.0 Å². The molecule has 0 radical (unpaired) electrons. The minimum absolute atomic E-state index is 0. The van der Waals surface area contributed by atoms with Gasteiger partial charge < -0.3 is 14.7 Å². The van der Waals surface area contributed by atoms with E-state index in [2.05, 4.69) is 4.99 Å². The zero-order chi connectivity index (χ0) is 14.5. The number of hydrogen-bond acceptors (Lipinski definition) is 2. The Kier molecular flexibility index (Phi) is 9.13. The minimum atomic E-state index is -4.39. The summed E-state index contributed by atoms with van der Waals surface area (Å²) in [6.07, 6.45) is -4.39. The summed E-state index contributed by atoms with van der Waals surface area (Å²) < 4.78 is 36.2. The van der Waals surface area contributed by atoms with Crippen LogP contribution in [0.4, 0.5) is 13.2 Å². The molecule has 0 atom stereocenters. The maximum absolute atomic E-state index is 12.1. The number of likely N-dealkylation sites (N-methyl/N-ethyl adjacent to an activating group) is 1. The number of alkyl halides is 3. The Morgan fingerprint density at radius 2 is 1.47 bits per heavy atom. The molecule has 0 aromatic heterocycles. The van der Waals surface area contributed by atoms with E-state index in [1.165, 1.54) is 0 Å². The predicted octanol–water partition coefficient (Wildman–Crippen LogP) is 1.10. The lowest BCUT2D eigenvalue weighted by atomic mass is 10.5. The van der Waals surface area contributed by atoms with Crippen LogP contribution < -0.4 is 0 Å². The van der Waals surface area contributed by atoms with Crippen LogP contribution in [-0.4, -0.2) is 81.1 Å². The highest BCUT2D eigenvalue weighted by Gasteiger charge is 2.31. The molecule has 0 spiro atoms. The van der Waals surface area contributed by atoms with E-state index >= 15 is 0 Å². The van der Waals surface area contributed by atoms with Gasteiger partial charge in [0.15, 0.2) is 5.96 Å². The fraction of sp³-hybridized carbons (Fsp3) is 0.800. The monoisotopic (exact) mass is 396 g/mol. The van der Waals surface area contributed by atoms with E-state index in [4.69, 9.17) is 0 Å². The van der Waals surface area contributed by atoms with Gasteiger partial charge in [0.25, 0.3) is 0 Å². The van der Waals surface area contributed by atoms with E-state index in [1.54, 1.807) is 38.0 Å². The number of amides is 1. The second-order valence-corrected chi connectivity index (χ2v) is 4.27. The maximum Gasteiger partial charge on any atom is 0.406 e. The van der Waals surface area contributed by atoms with Gasteiger partial charge in [-0.1, -0.05) is 0 Å². The van der Waals surface area contributed by atoms with Gasteiger partial charge in [-0.3, -0.25) is 4.79 Å². The zero-order valence-corrected chi connectivity index (χ0v) is 14.0. The molecule has 1 amide bonds. The fourth-order valence-electron chi connectivity index (χ4n) is 1.30. The summed E-state index contributed by atoms with van der Waals surface area (Å²) in [6, 6.07) is 0.